The second kappa shape index (κ2) is 8.42. The van der Waals surface area contributed by atoms with Crippen LogP contribution in [0.3, 0.4) is 0 Å². The molecule has 0 saturated heterocycles. The van der Waals surface area contributed by atoms with E-state index in [0.29, 0.717) is 0 Å². The van der Waals surface area contributed by atoms with Gasteiger partial charge in [0, 0.05) is 22.8 Å². The summed E-state index contributed by atoms with van der Waals surface area (Å²) in [7, 11) is -2.06. The van der Waals surface area contributed by atoms with Gasteiger partial charge in [-0.3, -0.25) is 0 Å². The molecule has 3 heteroatoms. The third kappa shape index (κ3) is 3.79. The molecule has 1 aliphatic heterocycles. The van der Waals surface area contributed by atoms with E-state index >= 15 is 0 Å². The SMILES string of the molecule is CC1=C(C)N(c2cccc(-c3ccccc3)c2)[Si](C)(C)N1c1cccc(-c2ccccc2)c1. The Morgan fingerprint density at radius 1 is 0.455 bits per heavy atom. The van der Waals surface area contributed by atoms with Gasteiger partial charge in [0.15, 0.2) is 0 Å². The van der Waals surface area contributed by atoms with E-state index in [1.54, 1.807) is 0 Å². The fourth-order valence-electron chi connectivity index (χ4n) is 5.17. The van der Waals surface area contributed by atoms with Crippen LogP contribution < -0.4 is 9.13 Å². The van der Waals surface area contributed by atoms with Crippen molar-refractivity contribution in [2.45, 2.75) is 26.9 Å². The Bertz CT molecular complexity index is 1210. The van der Waals surface area contributed by atoms with Crippen molar-refractivity contribution in [1.29, 1.82) is 0 Å². The molecule has 0 spiro atoms. The summed E-state index contributed by atoms with van der Waals surface area (Å²) in [6.45, 7) is 9.41. The summed E-state index contributed by atoms with van der Waals surface area (Å²) < 4.78 is 5.20. The molecule has 0 radical (unpaired) electrons. The third-order valence-electron chi connectivity index (χ3n) is 6.71. The summed E-state index contributed by atoms with van der Waals surface area (Å²) in [5.74, 6) is 0. The quantitative estimate of drug-likeness (QED) is 0.291. The number of anilines is 2. The minimum absolute atomic E-state index is 1.25. The molecule has 0 aromatic heterocycles. The maximum Gasteiger partial charge on any atom is 0.266 e. The Hall–Kier alpha value is -3.56. The van der Waals surface area contributed by atoms with Crippen LogP contribution in [0.1, 0.15) is 13.8 Å². The Balaban J connectivity index is 1.55. The number of allylic oxidation sites excluding steroid dienone is 2. The number of hydrogen-bond donors (Lipinski definition) is 0. The minimum atomic E-state index is -2.06. The molecule has 0 saturated carbocycles. The van der Waals surface area contributed by atoms with E-state index in [1.165, 1.54) is 45.0 Å². The largest absolute Gasteiger partial charge is 0.353 e. The van der Waals surface area contributed by atoms with Crippen LogP contribution in [0.4, 0.5) is 11.4 Å². The van der Waals surface area contributed by atoms with E-state index in [1.807, 2.05) is 0 Å². The summed E-state index contributed by atoms with van der Waals surface area (Å²) in [5, 5.41) is 0. The van der Waals surface area contributed by atoms with Gasteiger partial charge in [-0.15, -0.1) is 0 Å². The lowest BCUT2D eigenvalue weighted by molar-refractivity contribution is 1.19. The van der Waals surface area contributed by atoms with Gasteiger partial charge in [0.2, 0.25) is 0 Å². The van der Waals surface area contributed by atoms with Crippen molar-refractivity contribution < 1.29 is 0 Å². The molecule has 5 rings (SSSR count). The molecule has 1 heterocycles. The van der Waals surface area contributed by atoms with Gasteiger partial charge in [0.05, 0.1) is 0 Å². The van der Waals surface area contributed by atoms with Gasteiger partial charge >= 0.3 is 0 Å². The van der Waals surface area contributed by atoms with E-state index < -0.39 is 8.40 Å². The molecule has 0 fully saturated rings. The highest BCUT2D eigenvalue weighted by atomic mass is 28.3. The number of rotatable bonds is 4. The standard InChI is InChI=1S/C30H30N2Si/c1-23-24(2)32(30-20-12-18-28(22-30)26-15-9-6-10-16-26)33(3,4)31(23)29-19-11-17-27(21-29)25-13-7-5-8-14-25/h5-22H,1-4H3. The van der Waals surface area contributed by atoms with Crippen molar-refractivity contribution in [3.63, 3.8) is 0 Å². The highest BCUT2D eigenvalue weighted by Crippen LogP contribution is 2.42. The number of nitrogens with zero attached hydrogens (tertiary/aromatic N) is 2. The zero-order valence-corrected chi connectivity index (χ0v) is 20.8. The Kier molecular flexibility index (Phi) is 5.43. The van der Waals surface area contributed by atoms with Gasteiger partial charge in [0.1, 0.15) is 0 Å². The van der Waals surface area contributed by atoms with Crippen LogP contribution in [0, 0.1) is 0 Å². The van der Waals surface area contributed by atoms with Gasteiger partial charge in [0.25, 0.3) is 8.40 Å². The van der Waals surface area contributed by atoms with E-state index in [0.717, 1.165) is 0 Å². The van der Waals surface area contributed by atoms with Crippen molar-refractivity contribution in [3.8, 4) is 22.3 Å². The van der Waals surface area contributed by atoms with E-state index in [-0.39, 0.29) is 0 Å². The molecule has 0 aliphatic carbocycles. The third-order valence-corrected chi connectivity index (χ3v) is 10.1. The van der Waals surface area contributed by atoms with E-state index in [4.69, 9.17) is 0 Å². The van der Waals surface area contributed by atoms with Crippen LogP contribution in [0.15, 0.2) is 121 Å². The summed E-state index contributed by atoms with van der Waals surface area (Å²) in [4.78, 5) is 0. The van der Waals surface area contributed by atoms with Crippen molar-refractivity contribution >= 4 is 19.8 Å². The second-order valence-electron chi connectivity index (χ2n) is 9.17. The van der Waals surface area contributed by atoms with Crippen LogP contribution in [-0.2, 0) is 0 Å². The Morgan fingerprint density at radius 3 is 1.21 bits per heavy atom. The van der Waals surface area contributed by atoms with Crippen LogP contribution in [0.2, 0.25) is 13.1 Å². The summed E-state index contributed by atoms with van der Waals surface area (Å²) in [6, 6.07) is 39.2. The average Bonchev–Trinajstić information content (AvgIpc) is 3.03. The van der Waals surface area contributed by atoms with Crippen LogP contribution >= 0.6 is 0 Å². The summed E-state index contributed by atoms with van der Waals surface area (Å²) in [6.07, 6.45) is 0. The zero-order valence-electron chi connectivity index (χ0n) is 19.8. The van der Waals surface area contributed by atoms with Crippen LogP contribution in [0.5, 0.6) is 0 Å². The normalized spacial score (nSPS) is 15.3. The predicted octanol–water partition coefficient (Wildman–Crippen LogP) is 8.30. The van der Waals surface area contributed by atoms with Crippen LogP contribution in [0.25, 0.3) is 22.3 Å². The van der Waals surface area contributed by atoms with Crippen molar-refractivity contribution in [2.75, 3.05) is 9.13 Å². The number of hydrogen-bond acceptors (Lipinski definition) is 2. The fourth-order valence-corrected chi connectivity index (χ4v) is 8.88. The number of benzene rings is 4. The maximum absolute atomic E-state index is 2.60. The van der Waals surface area contributed by atoms with Gasteiger partial charge < -0.3 is 9.13 Å². The van der Waals surface area contributed by atoms with Gasteiger partial charge in [-0.05, 0) is 73.5 Å². The van der Waals surface area contributed by atoms with Crippen molar-refractivity contribution in [3.05, 3.63) is 121 Å². The van der Waals surface area contributed by atoms with Crippen molar-refractivity contribution in [1.82, 2.24) is 0 Å². The first kappa shape index (κ1) is 21.3. The zero-order chi connectivity index (χ0) is 23.0. The highest BCUT2D eigenvalue weighted by molar-refractivity contribution is 6.86. The first-order valence-corrected chi connectivity index (χ1v) is 14.5. The molecule has 0 unspecified atom stereocenters. The van der Waals surface area contributed by atoms with Crippen molar-refractivity contribution in [2.24, 2.45) is 0 Å². The summed E-state index contributed by atoms with van der Waals surface area (Å²) >= 11 is 0. The van der Waals surface area contributed by atoms with Gasteiger partial charge in [-0.25, -0.2) is 0 Å². The Morgan fingerprint density at radius 2 is 0.818 bits per heavy atom. The van der Waals surface area contributed by atoms with E-state index in [9.17, 15) is 0 Å². The predicted molar refractivity (Wildman–Crippen MR) is 145 cm³/mol. The lowest BCUT2D eigenvalue weighted by atomic mass is 10.1. The molecule has 33 heavy (non-hydrogen) atoms. The lowest BCUT2D eigenvalue weighted by Gasteiger charge is -2.40. The minimum Gasteiger partial charge on any atom is -0.353 e. The maximum atomic E-state index is 2.60. The second-order valence-corrected chi connectivity index (χ2v) is 13.1. The molecule has 4 aromatic carbocycles. The first-order valence-electron chi connectivity index (χ1n) is 11.6. The molecule has 4 aromatic rings. The molecule has 0 atom stereocenters. The van der Waals surface area contributed by atoms with Crippen LogP contribution in [-0.4, -0.2) is 8.40 Å². The van der Waals surface area contributed by atoms with E-state index in [2.05, 4.69) is 145 Å². The Labute approximate surface area is 198 Å². The molecule has 1 aliphatic rings. The summed E-state index contributed by atoms with van der Waals surface area (Å²) in [5.41, 5.74) is 10.2. The molecule has 0 N–H and O–H groups in total. The fraction of sp³-hybridized carbons (Fsp3) is 0.133. The lowest BCUT2D eigenvalue weighted by Crippen LogP contribution is -2.55. The monoisotopic (exact) mass is 446 g/mol. The molecular formula is C30H30N2Si. The molecule has 2 nitrogen and oxygen atoms in total. The smallest absolute Gasteiger partial charge is 0.266 e. The molecular weight excluding hydrogens is 416 g/mol. The molecule has 164 valence electrons. The van der Waals surface area contributed by atoms with Gasteiger partial charge in [-0.1, -0.05) is 84.9 Å². The highest BCUT2D eigenvalue weighted by Gasteiger charge is 2.45. The van der Waals surface area contributed by atoms with Gasteiger partial charge in [-0.2, -0.15) is 0 Å². The molecule has 0 amide bonds. The molecule has 0 bridgehead atoms. The average molecular weight is 447 g/mol. The first-order chi connectivity index (χ1) is 16.0. The topological polar surface area (TPSA) is 6.48 Å².